The summed E-state index contributed by atoms with van der Waals surface area (Å²) in [6.07, 6.45) is 3.34. The van der Waals surface area contributed by atoms with Crippen molar-refractivity contribution in [2.75, 3.05) is 12.8 Å². The highest BCUT2D eigenvalue weighted by Gasteiger charge is 2.07. The van der Waals surface area contributed by atoms with E-state index in [4.69, 9.17) is 5.73 Å². The minimum atomic E-state index is -0.0326. The molecule has 1 amide bonds. The van der Waals surface area contributed by atoms with Crippen LogP contribution in [-0.2, 0) is 11.3 Å². The Balaban J connectivity index is 1.97. The lowest BCUT2D eigenvalue weighted by atomic mass is 10.2. The van der Waals surface area contributed by atoms with E-state index in [0.717, 1.165) is 14.9 Å². The van der Waals surface area contributed by atoms with Gasteiger partial charge in [-0.25, -0.2) is 0 Å². The van der Waals surface area contributed by atoms with Crippen molar-refractivity contribution < 1.29 is 4.79 Å². The monoisotopic (exact) mass is 350 g/mol. The molecule has 0 fully saturated rings. The average molecular weight is 351 g/mol. The molecule has 0 saturated heterocycles. The molecule has 0 aliphatic rings. The lowest BCUT2D eigenvalue weighted by Gasteiger charge is -2.13. The Bertz CT molecular complexity index is 636. The van der Waals surface area contributed by atoms with Crippen molar-refractivity contribution >= 4 is 44.9 Å². The number of hydrogen-bond donors (Lipinski definition) is 1. The summed E-state index contributed by atoms with van der Waals surface area (Å²) >= 11 is 5.03. The number of carbonyl (C=O) groups is 1. The van der Waals surface area contributed by atoms with Crippen LogP contribution in [0.2, 0.25) is 0 Å². The number of halogens is 1. The minimum absolute atomic E-state index is 0.0326. The first kappa shape index (κ1) is 14.8. The maximum Gasteiger partial charge on any atom is 0.246 e. The second-order valence-electron chi connectivity index (χ2n) is 4.46. The first-order chi connectivity index (χ1) is 9.54. The molecule has 0 unspecified atom stereocenters. The molecule has 0 atom stereocenters. The summed E-state index contributed by atoms with van der Waals surface area (Å²) in [7, 11) is 1.79. The van der Waals surface area contributed by atoms with Gasteiger partial charge in [-0.15, -0.1) is 11.3 Å². The van der Waals surface area contributed by atoms with Crippen LogP contribution in [0.5, 0.6) is 0 Å². The molecule has 20 heavy (non-hydrogen) atoms. The fourth-order valence-corrected chi connectivity index (χ4v) is 2.94. The van der Waals surface area contributed by atoms with Gasteiger partial charge in [-0.2, -0.15) is 0 Å². The third-order valence-electron chi connectivity index (χ3n) is 2.75. The Morgan fingerprint density at radius 3 is 2.90 bits per heavy atom. The maximum atomic E-state index is 12.0. The van der Waals surface area contributed by atoms with Crippen LogP contribution in [0, 0.1) is 0 Å². The number of amides is 1. The molecule has 0 bridgehead atoms. The van der Waals surface area contributed by atoms with Crippen molar-refractivity contribution in [1.82, 2.24) is 4.90 Å². The molecular formula is C15H15BrN2OS. The molecule has 0 aliphatic heterocycles. The number of nitrogen functional groups attached to an aromatic ring is 1. The van der Waals surface area contributed by atoms with E-state index in [1.54, 1.807) is 35.4 Å². The van der Waals surface area contributed by atoms with Gasteiger partial charge in [-0.05, 0) is 56.7 Å². The normalized spacial score (nSPS) is 10.9. The van der Waals surface area contributed by atoms with E-state index >= 15 is 0 Å². The lowest BCUT2D eigenvalue weighted by molar-refractivity contribution is -0.125. The van der Waals surface area contributed by atoms with Crippen LogP contribution in [0.4, 0.5) is 5.69 Å². The Morgan fingerprint density at radius 2 is 2.25 bits per heavy atom. The van der Waals surface area contributed by atoms with Crippen molar-refractivity contribution in [1.29, 1.82) is 0 Å². The van der Waals surface area contributed by atoms with Gasteiger partial charge in [-0.3, -0.25) is 4.79 Å². The Kier molecular flexibility index (Phi) is 4.98. The van der Waals surface area contributed by atoms with Crippen molar-refractivity contribution in [2.24, 2.45) is 0 Å². The van der Waals surface area contributed by atoms with E-state index < -0.39 is 0 Å². The van der Waals surface area contributed by atoms with Gasteiger partial charge in [0, 0.05) is 25.4 Å². The summed E-state index contributed by atoms with van der Waals surface area (Å²) in [5.41, 5.74) is 8.43. The number of nitrogens with two attached hydrogens (primary N) is 1. The van der Waals surface area contributed by atoms with Gasteiger partial charge in [0.1, 0.15) is 0 Å². The van der Waals surface area contributed by atoms with Crippen LogP contribution in [0.25, 0.3) is 6.08 Å². The molecule has 1 aromatic carbocycles. The van der Waals surface area contributed by atoms with Gasteiger partial charge < -0.3 is 10.6 Å². The Labute approximate surface area is 130 Å². The number of nitrogens with zero attached hydrogens (tertiary/aromatic N) is 1. The summed E-state index contributed by atoms with van der Waals surface area (Å²) in [6.45, 7) is 0.599. The molecule has 1 heterocycles. The number of hydrogen-bond acceptors (Lipinski definition) is 3. The smallest absolute Gasteiger partial charge is 0.246 e. The largest absolute Gasteiger partial charge is 0.399 e. The zero-order valence-corrected chi connectivity index (χ0v) is 13.4. The van der Waals surface area contributed by atoms with Crippen LogP contribution in [0.1, 0.15) is 11.1 Å². The Hall–Kier alpha value is -1.59. The van der Waals surface area contributed by atoms with E-state index in [1.165, 1.54) is 0 Å². The zero-order valence-electron chi connectivity index (χ0n) is 11.0. The number of rotatable bonds is 4. The molecule has 0 saturated carbocycles. The highest BCUT2D eigenvalue weighted by Crippen LogP contribution is 2.21. The quantitative estimate of drug-likeness (QED) is 0.673. The van der Waals surface area contributed by atoms with Gasteiger partial charge in [0.25, 0.3) is 0 Å². The zero-order chi connectivity index (χ0) is 14.5. The van der Waals surface area contributed by atoms with Crippen LogP contribution in [0.3, 0.4) is 0 Å². The molecule has 0 spiro atoms. The van der Waals surface area contributed by atoms with Gasteiger partial charge >= 0.3 is 0 Å². The van der Waals surface area contributed by atoms with Crippen molar-refractivity contribution in [3.05, 3.63) is 56.7 Å². The van der Waals surface area contributed by atoms with Crippen LogP contribution in [-0.4, -0.2) is 17.9 Å². The maximum absolute atomic E-state index is 12.0. The van der Waals surface area contributed by atoms with E-state index in [1.807, 2.05) is 35.7 Å². The van der Waals surface area contributed by atoms with Gasteiger partial charge in [0.2, 0.25) is 5.91 Å². The molecule has 3 nitrogen and oxygen atoms in total. The minimum Gasteiger partial charge on any atom is -0.399 e. The fraction of sp³-hybridized carbons (Fsp3) is 0.133. The highest BCUT2D eigenvalue weighted by atomic mass is 79.9. The lowest BCUT2D eigenvalue weighted by Crippen LogP contribution is -2.23. The average Bonchev–Trinajstić information content (AvgIpc) is 2.81. The number of thiophene rings is 1. The van der Waals surface area contributed by atoms with E-state index in [2.05, 4.69) is 15.9 Å². The molecule has 0 aliphatic carbocycles. The third-order valence-corrected chi connectivity index (χ3v) is 4.30. The predicted octanol–water partition coefficient (Wildman–Crippen LogP) is 3.76. The summed E-state index contributed by atoms with van der Waals surface area (Å²) in [5, 5.41) is 2.04. The van der Waals surface area contributed by atoms with E-state index in [9.17, 15) is 4.79 Å². The Morgan fingerprint density at radius 1 is 1.45 bits per heavy atom. The second-order valence-corrected chi connectivity index (χ2v) is 6.75. The third kappa shape index (κ3) is 4.21. The number of benzene rings is 1. The number of carbonyl (C=O) groups excluding carboxylic acids is 1. The topological polar surface area (TPSA) is 46.3 Å². The molecular weight excluding hydrogens is 336 g/mol. The summed E-state index contributed by atoms with van der Waals surface area (Å²) < 4.78 is 1.07. The summed E-state index contributed by atoms with van der Waals surface area (Å²) in [4.78, 5) is 13.7. The van der Waals surface area contributed by atoms with Gasteiger partial charge in [-0.1, -0.05) is 12.1 Å². The molecule has 0 radical (unpaired) electrons. The van der Waals surface area contributed by atoms with Crippen LogP contribution < -0.4 is 5.73 Å². The number of likely N-dealkylation sites (N-methyl/N-ethyl adjacent to an activating group) is 1. The van der Waals surface area contributed by atoms with Crippen molar-refractivity contribution in [3.8, 4) is 0 Å². The van der Waals surface area contributed by atoms with Crippen LogP contribution in [0.15, 0.2) is 45.6 Å². The molecule has 2 aromatic rings. The molecule has 2 N–H and O–H groups in total. The predicted molar refractivity (Wildman–Crippen MR) is 88.4 cm³/mol. The van der Waals surface area contributed by atoms with E-state index in [0.29, 0.717) is 12.2 Å². The first-order valence-corrected chi connectivity index (χ1v) is 7.73. The van der Waals surface area contributed by atoms with Crippen LogP contribution >= 0.6 is 27.3 Å². The van der Waals surface area contributed by atoms with Crippen molar-refractivity contribution in [3.63, 3.8) is 0 Å². The molecule has 104 valence electrons. The number of anilines is 1. The summed E-state index contributed by atoms with van der Waals surface area (Å²) in [6, 6.07) is 9.46. The summed E-state index contributed by atoms with van der Waals surface area (Å²) in [5.74, 6) is -0.0326. The second kappa shape index (κ2) is 6.72. The van der Waals surface area contributed by atoms with Gasteiger partial charge in [0.15, 0.2) is 0 Å². The fourth-order valence-electron chi connectivity index (χ4n) is 1.74. The molecule has 2 rings (SSSR count). The molecule has 1 aromatic heterocycles. The molecule has 5 heteroatoms. The van der Waals surface area contributed by atoms with E-state index in [-0.39, 0.29) is 5.91 Å². The van der Waals surface area contributed by atoms with Gasteiger partial charge in [0.05, 0.1) is 3.79 Å². The first-order valence-electron chi connectivity index (χ1n) is 6.06. The SMILES string of the molecule is CN(Cc1csc(Br)c1)C(=O)/C=C/c1cccc(N)c1. The van der Waals surface area contributed by atoms with Crippen molar-refractivity contribution in [2.45, 2.75) is 6.54 Å². The highest BCUT2D eigenvalue weighted by molar-refractivity contribution is 9.11. The standard InChI is InChI=1S/C15H15BrN2OS/c1-18(9-12-8-14(16)20-10-12)15(19)6-5-11-3-2-4-13(17)7-11/h2-8,10H,9,17H2,1H3/b6-5+.